The number of benzene rings is 2. The van der Waals surface area contributed by atoms with Crippen LogP contribution in [0.15, 0.2) is 27.4 Å². The van der Waals surface area contributed by atoms with Crippen molar-refractivity contribution in [3.63, 3.8) is 0 Å². The number of hydrogen-bond donors (Lipinski definition) is 11. The van der Waals surface area contributed by atoms with Crippen molar-refractivity contribution in [1.82, 2.24) is 0 Å². The maximum Gasteiger partial charge on any atom is 0.204 e. The molecule has 11 N–H and O–H groups in total. The fourth-order valence-electron chi connectivity index (χ4n) is 5.25. The molecule has 2 aromatic carbocycles. The molecule has 0 spiro atoms. The second kappa shape index (κ2) is 10.4. The summed E-state index contributed by atoms with van der Waals surface area (Å²) in [6, 6.07) is 2.98. The standard InChI is InChI=1S/C25H28O15/c26-4-12-17(31)20(34)22(36)24(39-12)6-1-7-10(2-8(6)28)38-11-3-9(29)14(19(33)15(11)16(7)30)25-23(37)21(35)18(32)13(5-27)40-25/h1-3,12-13,17-18,20-29,31-37H,4-5H2/t12-,13+,17-,18+,20+,21-,22-,23+,24+,25-/m0/s1. The van der Waals surface area contributed by atoms with Crippen molar-refractivity contribution in [2.45, 2.75) is 61.0 Å². The van der Waals surface area contributed by atoms with Gasteiger partial charge in [-0.2, -0.15) is 0 Å². The third-order valence-corrected chi connectivity index (χ3v) is 7.48. The quantitative estimate of drug-likeness (QED) is 0.141. The number of aliphatic hydroxyl groups excluding tert-OH is 8. The SMILES string of the molecule is O=c1c2cc([C@H]3O[C@@H](CO)[C@H](O)[C@@H](O)[C@@H]3O)c(O)cc2oc2cc(O)c([C@@H]3O[C@H](CO)[C@@H](O)[C@H](O)[C@H]3O)c(O)c12. The molecule has 2 aliphatic heterocycles. The minimum atomic E-state index is -1.89. The molecule has 3 aromatic rings. The highest BCUT2D eigenvalue weighted by Crippen LogP contribution is 2.45. The molecule has 218 valence electrons. The van der Waals surface area contributed by atoms with E-state index in [0.29, 0.717) is 0 Å². The smallest absolute Gasteiger partial charge is 0.204 e. The van der Waals surface area contributed by atoms with Crippen molar-refractivity contribution < 1.29 is 70.1 Å². The summed E-state index contributed by atoms with van der Waals surface area (Å²) in [6.45, 7) is -1.52. The topological polar surface area (TPSA) is 271 Å². The van der Waals surface area contributed by atoms with Crippen molar-refractivity contribution in [2.24, 2.45) is 0 Å². The van der Waals surface area contributed by atoms with Gasteiger partial charge >= 0.3 is 0 Å². The van der Waals surface area contributed by atoms with Gasteiger partial charge < -0.3 is 70.1 Å². The summed E-state index contributed by atoms with van der Waals surface area (Å²) in [6.07, 6.45) is -16.6. The normalized spacial score (nSPS) is 34.9. The molecule has 15 nitrogen and oxygen atoms in total. The number of phenols is 3. The van der Waals surface area contributed by atoms with E-state index in [-0.39, 0.29) is 22.1 Å². The van der Waals surface area contributed by atoms with Gasteiger partial charge in [0, 0.05) is 17.7 Å². The third kappa shape index (κ3) is 4.27. The second-order valence-corrected chi connectivity index (χ2v) is 9.87. The molecule has 0 unspecified atom stereocenters. The summed E-state index contributed by atoms with van der Waals surface area (Å²) in [5.41, 5.74) is -2.23. The first-order chi connectivity index (χ1) is 18.9. The van der Waals surface area contributed by atoms with Crippen LogP contribution in [0.1, 0.15) is 23.3 Å². The van der Waals surface area contributed by atoms with Gasteiger partial charge in [0.25, 0.3) is 0 Å². The zero-order valence-electron chi connectivity index (χ0n) is 20.5. The summed E-state index contributed by atoms with van der Waals surface area (Å²) in [4.78, 5) is 13.6. The van der Waals surface area contributed by atoms with Crippen LogP contribution in [0.5, 0.6) is 17.2 Å². The first-order valence-electron chi connectivity index (χ1n) is 12.2. The van der Waals surface area contributed by atoms with Crippen LogP contribution >= 0.6 is 0 Å². The van der Waals surface area contributed by atoms with Crippen molar-refractivity contribution >= 4 is 21.9 Å². The summed E-state index contributed by atoms with van der Waals surface area (Å²) >= 11 is 0. The van der Waals surface area contributed by atoms with Crippen LogP contribution < -0.4 is 5.43 Å². The molecular weight excluding hydrogens is 540 g/mol. The predicted octanol–water partition coefficient (Wildman–Crippen LogP) is -2.91. The summed E-state index contributed by atoms with van der Waals surface area (Å²) in [5.74, 6) is -2.18. The lowest BCUT2D eigenvalue weighted by molar-refractivity contribution is -0.232. The number of hydrogen-bond acceptors (Lipinski definition) is 15. The first-order valence-corrected chi connectivity index (χ1v) is 12.2. The zero-order chi connectivity index (χ0) is 29.2. The monoisotopic (exact) mass is 568 g/mol. The molecular formula is C25H28O15. The lowest BCUT2D eigenvalue weighted by Gasteiger charge is -2.40. The van der Waals surface area contributed by atoms with E-state index in [1.165, 1.54) is 0 Å². The molecule has 2 aliphatic rings. The Kier molecular flexibility index (Phi) is 7.38. The Morgan fingerprint density at radius 1 is 0.650 bits per heavy atom. The van der Waals surface area contributed by atoms with Crippen molar-refractivity contribution in [3.05, 3.63) is 39.5 Å². The highest BCUT2D eigenvalue weighted by molar-refractivity contribution is 5.95. The van der Waals surface area contributed by atoms with E-state index in [0.717, 1.165) is 18.2 Å². The Morgan fingerprint density at radius 2 is 1.18 bits per heavy atom. The predicted molar refractivity (Wildman–Crippen MR) is 130 cm³/mol. The molecule has 0 amide bonds. The Hall–Kier alpha value is -3.09. The van der Waals surface area contributed by atoms with E-state index in [2.05, 4.69) is 0 Å². The molecule has 0 aliphatic carbocycles. The highest BCUT2D eigenvalue weighted by Gasteiger charge is 2.47. The van der Waals surface area contributed by atoms with Crippen LogP contribution in [0.2, 0.25) is 0 Å². The molecule has 10 atom stereocenters. The molecule has 2 fully saturated rings. The number of phenolic OH excluding ortho intramolecular Hbond substituents is 3. The lowest BCUT2D eigenvalue weighted by Crippen LogP contribution is -2.55. The maximum atomic E-state index is 13.6. The summed E-state index contributed by atoms with van der Waals surface area (Å²) < 4.78 is 16.5. The van der Waals surface area contributed by atoms with Crippen LogP contribution in [-0.4, -0.2) is 118 Å². The Bertz CT molecular complexity index is 1480. The molecule has 2 saturated heterocycles. The number of fused-ring (bicyclic) bond motifs is 2. The molecule has 3 heterocycles. The van der Waals surface area contributed by atoms with Gasteiger partial charge in [-0.1, -0.05) is 0 Å². The number of aromatic hydroxyl groups is 3. The average molecular weight is 568 g/mol. The average Bonchev–Trinajstić information content (AvgIpc) is 2.91. The maximum absolute atomic E-state index is 13.6. The van der Waals surface area contributed by atoms with Crippen molar-refractivity contribution in [1.29, 1.82) is 0 Å². The van der Waals surface area contributed by atoms with Gasteiger partial charge in [-0.05, 0) is 6.07 Å². The number of ether oxygens (including phenoxy) is 2. The van der Waals surface area contributed by atoms with E-state index in [1.807, 2.05) is 0 Å². The fourth-order valence-corrected chi connectivity index (χ4v) is 5.25. The van der Waals surface area contributed by atoms with Crippen molar-refractivity contribution in [2.75, 3.05) is 13.2 Å². The molecule has 5 rings (SSSR count). The molecule has 15 heteroatoms. The first kappa shape index (κ1) is 28.4. The van der Waals surface area contributed by atoms with Gasteiger partial charge in [-0.15, -0.1) is 0 Å². The van der Waals surface area contributed by atoms with Gasteiger partial charge in [-0.3, -0.25) is 4.79 Å². The van der Waals surface area contributed by atoms with Crippen LogP contribution in [0.3, 0.4) is 0 Å². The Balaban J connectivity index is 1.67. The second-order valence-electron chi connectivity index (χ2n) is 9.87. The summed E-state index contributed by atoms with van der Waals surface area (Å²) in [5, 5.41) is 112. The highest BCUT2D eigenvalue weighted by atomic mass is 16.6. The third-order valence-electron chi connectivity index (χ3n) is 7.48. The van der Waals surface area contributed by atoms with Crippen LogP contribution in [0, 0.1) is 0 Å². The van der Waals surface area contributed by atoms with Gasteiger partial charge in [0.05, 0.1) is 24.2 Å². The Labute approximate surface area is 223 Å². The van der Waals surface area contributed by atoms with Crippen LogP contribution in [0.25, 0.3) is 21.9 Å². The van der Waals surface area contributed by atoms with E-state index >= 15 is 0 Å². The molecule has 0 saturated carbocycles. The van der Waals surface area contributed by atoms with E-state index in [4.69, 9.17) is 13.9 Å². The van der Waals surface area contributed by atoms with Gasteiger partial charge in [0.15, 0.2) is 0 Å². The summed E-state index contributed by atoms with van der Waals surface area (Å²) in [7, 11) is 0. The lowest BCUT2D eigenvalue weighted by atomic mass is 9.89. The fraction of sp³-hybridized carbons (Fsp3) is 0.480. The van der Waals surface area contributed by atoms with E-state index in [9.17, 15) is 61.0 Å². The van der Waals surface area contributed by atoms with Gasteiger partial charge in [0.1, 0.15) is 94.8 Å². The minimum Gasteiger partial charge on any atom is -0.507 e. The zero-order valence-corrected chi connectivity index (χ0v) is 20.5. The van der Waals surface area contributed by atoms with E-state index < -0.39 is 108 Å². The van der Waals surface area contributed by atoms with Gasteiger partial charge in [-0.25, -0.2) is 0 Å². The van der Waals surface area contributed by atoms with Crippen molar-refractivity contribution in [3.8, 4) is 17.2 Å². The molecule has 0 radical (unpaired) electrons. The van der Waals surface area contributed by atoms with Gasteiger partial charge in [0.2, 0.25) is 5.43 Å². The largest absolute Gasteiger partial charge is 0.507 e. The molecule has 1 aromatic heterocycles. The van der Waals surface area contributed by atoms with Crippen LogP contribution in [0.4, 0.5) is 0 Å². The number of aliphatic hydroxyl groups is 8. The number of rotatable bonds is 4. The molecule has 40 heavy (non-hydrogen) atoms. The van der Waals surface area contributed by atoms with Crippen LogP contribution in [-0.2, 0) is 9.47 Å². The Morgan fingerprint density at radius 3 is 1.75 bits per heavy atom. The van der Waals surface area contributed by atoms with E-state index in [1.54, 1.807) is 0 Å². The minimum absolute atomic E-state index is 0.219. The molecule has 0 bridgehead atoms.